The molecule has 0 aliphatic carbocycles. The fourth-order valence-electron chi connectivity index (χ4n) is 3.53. The summed E-state index contributed by atoms with van der Waals surface area (Å²) in [6.45, 7) is 6.29. The molecule has 2 aromatic carbocycles. The van der Waals surface area contributed by atoms with Gasteiger partial charge in [0.15, 0.2) is 18.0 Å². The van der Waals surface area contributed by atoms with E-state index in [1.165, 1.54) is 4.90 Å². The minimum Gasteiger partial charge on any atom is -0.454 e. The fraction of sp³-hybridized carbons (Fsp3) is 0.350. The van der Waals surface area contributed by atoms with Crippen LogP contribution in [0.4, 0.5) is 11.4 Å². The maximum atomic E-state index is 12.5. The van der Waals surface area contributed by atoms with Gasteiger partial charge in [-0.2, -0.15) is 0 Å². The van der Waals surface area contributed by atoms with Crippen molar-refractivity contribution in [2.45, 2.75) is 6.92 Å². The van der Waals surface area contributed by atoms with Gasteiger partial charge in [-0.15, -0.1) is 0 Å². The molecule has 1 amide bonds. The lowest BCUT2D eigenvalue weighted by Crippen LogP contribution is -3.15. The molecule has 2 N–H and O–H groups in total. The van der Waals surface area contributed by atoms with Gasteiger partial charge in [0.1, 0.15) is 0 Å². The maximum absolute atomic E-state index is 12.5. The minimum atomic E-state index is 0.0168. The fourth-order valence-corrected chi connectivity index (χ4v) is 3.72. The van der Waals surface area contributed by atoms with Crippen LogP contribution in [0.3, 0.4) is 0 Å². The number of piperazine rings is 1. The highest BCUT2D eigenvalue weighted by Crippen LogP contribution is 2.36. The number of hydrogen-bond acceptors (Lipinski definition) is 4. The molecule has 1 saturated heterocycles. The number of ether oxygens (including phenoxy) is 2. The molecule has 6 nitrogen and oxygen atoms in total. The number of hydrogen-bond donors (Lipinski definition) is 2. The lowest BCUT2D eigenvalue weighted by molar-refractivity contribution is -0.892. The number of quaternary nitrogens is 1. The van der Waals surface area contributed by atoms with E-state index in [1.807, 2.05) is 37.3 Å². The van der Waals surface area contributed by atoms with Crippen molar-refractivity contribution < 1.29 is 19.2 Å². The monoisotopic (exact) mass is 388 g/mol. The Morgan fingerprint density at radius 2 is 1.93 bits per heavy atom. The molecule has 0 bridgehead atoms. The normalized spacial score (nSPS) is 16.4. The van der Waals surface area contributed by atoms with Crippen LogP contribution in [0, 0.1) is 6.92 Å². The summed E-state index contributed by atoms with van der Waals surface area (Å²) in [6, 6.07) is 11.7. The summed E-state index contributed by atoms with van der Waals surface area (Å²) in [5, 5.41) is 3.76. The summed E-state index contributed by atoms with van der Waals surface area (Å²) in [4.78, 5) is 16.1. The molecule has 0 spiro atoms. The molecular formula is C20H23ClN3O3+. The molecule has 0 radical (unpaired) electrons. The van der Waals surface area contributed by atoms with Gasteiger partial charge in [-0.05, 0) is 36.8 Å². The Balaban J connectivity index is 1.31. The lowest BCUT2D eigenvalue weighted by atomic mass is 10.1. The number of nitrogens with one attached hydrogen (secondary N) is 2. The standard InChI is InChI=1S/C20H22ClN3O3/c1-14-9-18-19(27-13-26-18)11-17(14)22-20(25)12-23-5-7-24(8-6-23)16-4-2-3-15(21)10-16/h2-4,9-11H,5-8,12-13H2,1H3,(H,22,25)/p+1. The van der Waals surface area contributed by atoms with Gasteiger partial charge in [0.2, 0.25) is 6.79 Å². The number of nitrogens with zero attached hydrogens (tertiary/aromatic N) is 1. The van der Waals surface area contributed by atoms with Crippen LogP contribution in [0.25, 0.3) is 0 Å². The number of carbonyl (C=O) groups excluding carboxylic acids is 1. The summed E-state index contributed by atoms with van der Waals surface area (Å²) in [5.41, 5.74) is 2.89. The van der Waals surface area contributed by atoms with E-state index in [0.717, 1.165) is 53.9 Å². The molecule has 1 fully saturated rings. The van der Waals surface area contributed by atoms with Crippen molar-refractivity contribution in [3.63, 3.8) is 0 Å². The zero-order chi connectivity index (χ0) is 18.8. The van der Waals surface area contributed by atoms with Crippen molar-refractivity contribution in [1.82, 2.24) is 0 Å². The molecule has 0 atom stereocenters. The number of amides is 1. The van der Waals surface area contributed by atoms with Gasteiger partial charge >= 0.3 is 0 Å². The van der Waals surface area contributed by atoms with Gasteiger partial charge in [-0.25, -0.2) is 0 Å². The van der Waals surface area contributed by atoms with Crippen LogP contribution in [0.1, 0.15) is 5.56 Å². The Morgan fingerprint density at radius 3 is 2.67 bits per heavy atom. The Morgan fingerprint density at radius 1 is 1.19 bits per heavy atom. The second-order valence-corrected chi connectivity index (χ2v) is 7.40. The first kappa shape index (κ1) is 17.9. The molecule has 2 aromatic rings. The van der Waals surface area contributed by atoms with Crippen molar-refractivity contribution in [3.8, 4) is 11.5 Å². The molecule has 0 aromatic heterocycles. The molecule has 27 heavy (non-hydrogen) atoms. The Kier molecular flexibility index (Phi) is 5.09. The van der Waals surface area contributed by atoms with E-state index in [9.17, 15) is 4.79 Å². The summed E-state index contributed by atoms with van der Waals surface area (Å²) < 4.78 is 10.8. The van der Waals surface area contributed by atoms with E-state index < -0.39 is 0 Å². The second kappa shape index (κ2) is 7.66. The highest BCUT2D eigenvalue weighted by molar-refractivity contribution is 6.30. The van der Waals surface area contributed by atoms with Crippen molar-refractivity contribution in [3.05, 3.63) is 47.0 Å². The molecule has 0 saturated carbocycles. The highest BCUT2D eigenvalue weighted by Gasteiger charge is 2.23. The van der Waals surface area contributed by atoms with E-state index >= 15 is 0 Å². The van der Waals surface area contributed by atoms with Gasteiger partial charge < -0.3 is 24.6 Å². The Bertz CT molecular complexity index is 850. The zero-order valence-electron chi connectivity index (χ0n) is 15.3. The predicted octanol–water partition coefficient (Wildman–Crippen LogP) is 1.72. The molecule has 0 unspecified atom stereocenters. The van der Waals surface area contributed by atoms with Crippen LogP contribution in [0.5, 0.6) is 11.5 Å². The van der Waals surface area contributed by atoms with Crippen molar-refractivity contribution in [1.29, 1.82) is 0 Å². The van der Waals surface area contributed by atoms with Crippen LogP contribution < -0.4 is 24.6 Å². The molecule has 4 rings (SSSR count). The average molecular weight is 389 g/mol. The first-order chi connectivity index (χ1) is 13.1. The van der Waals surface area contributed by atoms with E-state index in [0.29, 0.717) is 12.3 Å². The van der Waals surface area contributed by atoms with Crippen LogP contribution >= 0.6 is 11.6 Å². The molecule has 7 heteroatoms. The maximum Gasteiger partial charge on any atom is 0.279 e. The molecule has 2 heterocycles. The first-order valence-electron chi connectivity index (χ1n) is 9.13. The van der Waals surface area contributed by atoms with Crippen molar-refractivity contribution >= 4 is 28.9 Å². The van der Waals surface area contributed by atoms with Gasteiger partial charge in [0, 0.05) is 22.5 Å². The van der Waals surface area contributed by atoms with E-state index in [2.05, 4.69) is 16.3 Å². The molecule has 142 valence electrons. The third-order valence-electron chi connectivity index (χ3n) is 5.05. The van der Waals surface area contributed by atoms with Crippen LogP contribution in [0.15, 0.2) is 36.4 Å². The number of rotatable bonds is 4. The lowest BCUT2D eigenvalue weighted by Gasteiger charge is -2.33. The third-order valence-corrected chi connectivity index (χ3v) is 5.28. The smallest absolute Gasteiger partial charge is 0.279 e. The molecule has 2 aliphatic heterocycles. The van der Waals surface area contributed by atoms with E-state index in [1.54, 1.807) is 0 Å². The quantitative estimate of drug-likeness (QED) is 0.837. The van der Waals surface area contributed by atoms with Gasteiger partial charge in [0.25, 0.3) is 5.91 Å². The van der Waals surface area contributed by atoms with E-state index in [4.69, 9.17) is 21.1 Å². The summed E-state index contributed by atoms with van der Waals surface area (Å²) in [7, 11) is 0. The van der Waals surface area contributed by atoms with Gasteiger partial charge in [-0.1, -0.05) is 17.7 Å². The van der Waals surface area contributed by atoms with Crippen molar-refractivity contribution in [2.24, 2.45) is 0 Å². The van der Waals surface area contributed by atoms with E-state index in [-0.39, 0.29) is 12.7 Å². The number of benzene rings is 2. The number of anilines is 2. The Hall–Kier alpha value is -2.44. The zero-order valence-corrected chi connectivity index (χ0v) is 16.0. The minimum absolute atomic E-state index is 0.0168. The van der Waals surface area contributed by atoms with Crippen LogP contribution in [0.2, 0.25) is 5.02 Å². The topological polar surface area (TPSA) is 55.2 Å². The number of aryl methyl sites for hydroxylation is 1. The third kappa shape index (κ3) is 4.12. The first-order valence-corrected chi connectivity index (χ1v) is 9.50. The number of carbonyl (C=O) groups is 1. The van der Waals surface area contributed by atoms with Gasteiger partial charge in [-0.3, -0.25) is 4.79 Å². The highest BCUT2D eigenvalue weighted by atomic mass is 35.5. The number of fused-ring (bicyclic) bond motifs is 1. The van der Waals surface area contributed by atoms with Crippen molar-refractivity contribution in [2.75, 3.05) is 49.7 Å². The predicted molar refractivity (Wildman–Crippen MR) is 105 cm³/mol. The Labute approximate surface area is 163 Å². The summed E-state index contributed by atoms with van der Waals surface area (Å²) in [6.07, 6.45) is 0. The second-order valence-electron chi connectivity index (χ2n) is 6.96. The molecule has 2 aliphatic rings. The average Bonchev–Trinajstić information content (AvgIpc) is 3.09. The largest absolute Gasteiger partial charge is 0.454 e. The van der Waals surface area contributed by atoms with Gasteiger partial charge in [0.05, 0.1) is 26.2 Å². The summed E-state index contributed by atoms with van der Waals surface area (Å²) >= 11 is 6.09. The SMILES string of the molecule is Cc1cc2c(cc1NC(=O)C[NH+]1CCN(c3cccc(Cl)c3)CC1)OCO2. The molecular weight excluding hydrogens is 366 g/mol. The summed E-state index contributed by atoms with van der Waals surface area (Å²) in [5.74, 6) is 1.43. The number of halogens is 1. The van der Waals surface area contributed by atoms with Crippen LogP contribution in [-0.4, -0.2) is 45.4 Å². The van der Waals surface area contributed by atoms with Crippen LogP contribution in [-0.2, 0) is 4.79 Å².